The van der Waals surface area contributed by atoms with E-state index in [9.17, 15) is 18.8 Å². The number of hydrogen-bond acceptors (Lipinski definition) is 4. The molecule has 2 aromatic rings. The predicted molar refractivity (Wildman–Crippen MR) is 109 cm³/mol. The van der Waals surface area contributed by atoms with Crippen molar-refractivity contribution in [2.24, 2.45) is 11.8 Å². The van der Waals surface area contributed by atoms with E-state index in [0.717, 1.165) is 30.6 Å². The average molecular weight is 415 g/mol. The highest BCUT2D eigenvalue weighted by molar-refractivity contribution is 7.09. The summed E-state index contributed by atoms with van der Waals surface area (Å²) in [5, 5.41) is 1.94. The van der Waals surface area contributed by atoms with E-state index in [-0.39, 0.29) is 48.3 Å². The van der Waals surface area contributed by atoms with Crippen LogP contribution in [0.5, 0.6) is 0 Å². The lowest BCUT2D eigenvalue weighted by Crippen LogP contribution is -2.37. The molecule has 1 aliphatic heterocycles. The molecule has 1 saturated carbocycles. The maximum atomic E-state index is 13.3. The number of carbonyl (C=O) groups is 3. The van der Waals surface area contributed by atoms with E-state index in [1.807, 2.05) is 17.5 Å². The van der Waals surface area contributed by atoms with Crippen LogP contribution in [-0.2, 0) is 20.9 Å². The molecule has 5 nitrogen and oxygen atoms in total. The van der Waals surface area contributed by atoms with E-state index in [2.05, 4.69) is 0 Å². The van der Waals surface area contributed by atoms with E-state index in [1.165, 1.54) is 28.4 Å². The van der Waals surface area contributed by atoms with Gasteiger partial charge in [-0.05, 0) is 48.6 Å². The number of fused-ring (bicyclic) bond motifs is 1. The minimum absolute atomic E-state index is 0.0552. The van der Waals surface area contributed by atoms with Crippen LogP contribution in [0.2, 0.25) is 0 Å². The van der Waals surface area contributed by atoms with Gasteiger partial charge < -0.3 is 4.90 Å². The Morgan fingerprint density at radius 2 is 1.72 bits per heavy atom. The third-order valence-corrected chi connectivity index (χ3v) is 6.68. The van der Waals surface area contributed by atoms with Gasteiger partial charge in [-0.25, -0.2) is 4.39 Å². The van der Waals surface area contributed by atoms with Crippen LogP contribution in [0.25, 0.3) is 0 Å². The van der Waals surface area contributed by atoms with Gasteiger partial charge in [0, 0.05) is 23.5 Å². The number of benzene rings is 1. The lowest BCUT2D eigenvalue weighted by molar-refractivity contribution is -0.140. The lowest BCUT2D eigenvalue weighted by Gasteiger charge is -2.24. The Kier molecular flexibility index (Phi) is 5.76. The second-order valence-electron chi connectivity index (χ2n) is 7.61. The third kappa shape index (κ3) is 4.10. The van der Waals surface area contributed by atoms with Crippen LogP contribution < -0.4 is 4.90 Å². The van der Waals surface area contributed by atoms with Crippen LogP contribution in [0.3, 0.4) is 0 Å². The summed E-state index contributed by atoms with van der Waals surface area (Å²) < 4.78 is 13.3. The number of amides is 3. The molecule has 0 bridgehead atoms. The summed E-state index contributed by atoms with van der Waals surface area (Å²) in [6.07, 6.45) is 3.54. The number of halogens is 1. The van der Waals surface area contributed by atoms with Crippen LogP contribution in [0.4, 0.5) is 10.1 Å². The summed E-state index contributed by atoms with van der Waals surface area (Å²) in [6, 6.07) is 9.64. The van der Waals surface area contributed by atoms with Gasteiger partial charge in [-0.15, -0.1) is 11.3 Å². The summed E-state index contributed by atoms with van der Waals surface area (Å²) >= 11 is 1.54. The topological polar surface area (TPSA) is 57.7 Å². The Bertz CT molecular complexity index is 873. The fraction of sp³-hybridized carbons (Fsp3) is 0.409. The van der Waals surface area contributed by atoms with Crippen LogP contribution in [0, 0.1) is 17.7 Å². The third-order valence-electron chi connectivity index (χ3n) is 5.82. The fourth-order valence-corrected chi connectivity index (χ4v) is 4.99. The summed E-state index contributed by atoms with van der Waals surface area (Å²) in [5.74, 6) is -1.22. The van der Waals surface area contributed by atoms with Gasteiger partial charge in [0.15, 0.2) is 0 Å². The number of nitrogens with zero attached hydrogens (tertiary/aromatic N) is 2. The maximum absolute atomic E-state index is 13.3. The minimum Gasteiger partial charge on any atom is -0.307 e. The normalized spacial score (nSPS) is 21.3. The van der Waals surface area contributed by atoms with Gasteiger partial charge in [0.05, 0.1) is 18.4 Å². The molecule has 2 aliphatic rings. The molecule has 29 heavy (non-hydrogen) atoms. The molecule has 1 aliphatic carbocycles. The summed E-state index contributed by atoms with van der Waals surface area (Å²) in [7, 11) is 0. The molecule has 2 unspecified atom stereocenters. The van der Waals surface area contributed by atoms with E-state index in [1.54, 1.807) is 17.0 Å². The molecule has 0 N–H and O–H groups in total. The number of likely N-dealkylation sites (tertiary alicyclic amines) is 1. The molecular weight excluding hydrogens is 391 g/mol. The molecule has 7 heteroatoms. The van der Waals surface area contributed by atoms with Gasteiger partial charge >= 0.3 is 0 Å². The van der Waals surface area contributed by atoms with Gasteiger partial charge in [-0.2, -0.15) is 0 Å². The van der Waals surface area contributed by atoms with Crippen LogP contribution in [0.1, 0.15) is 37.0 Å². The fourth-order valence-electron chi connectivity index (χ4n) is 4.30. The van der Waals surface area contributed by atoms with Crippen LogP contribution >= 0.6 is 11.3 Å². The zero-order valence-electron chi connectivity index (χ0n) is 16.1. The quantitative estimate of drug-likeness (QED) is 0.672. The Hall–Kier alpha value is -2.54. The predicted octanol–water partition coefficient (Wildman–Crippen LogP) is 3.99. The number of thiophene rings is 1. The molecule has 4 rings (SSSR count). The molecule has 1 saturated heterocycles. The SMILES string of the molecule is O=C1C2CCCCC2C(=O)N1CCC(=O)N(Cc1cccs1)c1ccc(F)cc1. The van der Waals surface area contributed by atoms with Gasteiger partial charge in [-0.1, -0.05) is 18.9 Å². The van der Waals surface area contributed by atoms with Crippen molar-refractivity contribution in [3.8, 4) is 0 Å². The van der Waals surface area contributed by atoms with Gasteiger partial charge in [0.25, 0.3) is 0 Å². The van der Waals surface area contributed by atoms with Gasteiger partial charge in [-0.3, -0.25) is 19.3 Å². The number of anilines is 1. The summed E-state index contributed by atoms with van der Waals surface area (Å²) in [4.78, 5) is 42.2. The van der Waals surface area contributed by atoms with Crippen LogP contribution in [0.15, 0.2) is 41.8 Å². The van der Waals surface area contributed by atoms with E-state index < -0.39 is 0 Å². The Morgan fingerprint density at radius 1 is 1.07 bits per heavy atom. The van der Waals surface area contributed by atoms with E-state index >= 15 is 0 Å². The van der Waals surface area contributed by atoms with Crippen molar-refractivity contribution in [3.63, 3.8) is 0 Å². The Balaban J connectivity index is 1.47. The molecule has 1 aromatic heterocycles. The van der Waals surface area contributed by atoms with E-state index in [0.29, 0.717) is 12.2 Å². The number of hydrogen-bond donors (Lipinski definition) is 0. The number of rotatable bonds is 6. The number of carbonyl (C=O) groups excluding carboxylic acids is 3. The van der Waals surface area contributed by atoms with Gasteiger partial charge in [0.2, 0.25) is 17.7 Å². The smallest absolute Gasteiger partial charge is 0.233 e. The maximum Gasteiger partial charge on any atom is 0.233 e. The lowest BCUT2D eigenvalue weighted by atomic mass is 9.81. The molecule has 0 radical (unpaired) electrons. The van der Waals surface area contributed by atoms with Crippen molar-refractivity contribution < 1.29 is 18.8 Å². The number of imide groups is 1. The molecular formula is C22H23FN2O3S. The van der Waals surface area contributed by atoms with Gasteiger partial charge in [0.1, 0.15) is 5.82 Å². The first-order valence-corrected chi connectivity index (χ1v) is 10.9. The zero-order chi connectivity index (χ0) is 20.4. The van der Waals surface area contributed by atoms with Crippen molar-refractivity contribution >= 4 is 34.7 Å². The van der Waals surface area contributed by atoms with Crippen molar-refractivity contribution in [2.75, 3.05) is 11.4 Å². The highest BCUT2D eigenvalue weighted by atomic mass is 32.1. The summed E-state index contributed by atoms with van der Waals surface area (Å²) in [6.45, 7) is 0.473. The molecule has 3 amide bonds. The molecule has 152 valence electrons. The molecule has 2 fully saturated rings. The molecule has 2 atom stereocenters. The largest absolute Gasteiger partial charge is 0.307 e. The zero-order valence-corrected chi connectivity index (χ0v) is 16.9. The van der Waals surface area contributed by atoms with Crippen molar-refractivity contribution in [1.82, 2.24) is 4.90 Å². The first-order chi connectivity index (χ1) is 14.0. The Labute approximate surface area is 173 Å². The summed E-state index contributed by atoms with van der Waals surface area (Å²) in [5.41, 5.74) is 0.595. The first kappa shape index (κ1) is 19.8. The molecule has 2 heterocycles. The monoisotopic (exact) mass is 414 g/mol. The molecule has 1 aromatic carbocycles. The second-order valence-corrected chi connectivity index (χ2v) is 8.64. The van der Waals surface area contributed by atoms with Crippen molar-refractivity contribution in [2.45, 2.75) is 38.6 Å². The molecule has 0 spiro atoms. The minimum atomic E-state index is -0.367. The highest BCUT2D eigenvalue weighted by Gasteiger charge is 2.47. The van der Waals surface area contributed by atoms with Crippen molar-refractivity contribution in [1.29, 1.82) is 0 Å². The standard InChI is InChI=1S/C22H23FN2O3S/c23-15-7-9-16(10-8-15)25(14-17-4-3-13-29-17)20(26)11-12-24-21(27)18-5-1-2-6-19(18)22(24)28/h3-4,7-10,13,18-19H,1-2,5-6,11-12,14H2. The van der Waals surface area contributed by atoms with Crippen molar-refractivity contribution in [3.05, 3.63) is 52.5 Å². The van der Waals surface area contributed by atoms with E-state index in [4.69, 9.17) is 0 Å². The van der Waals surface area contributed by atoms with Crippen LogP contribution in [-0.4, -0.2) is 29.2 Å². The average Bonchev–Trinajstić information content (AvgIpc) is 3.33. The Morgan fingerprint density at radius 3 is 2.31 bits per heavy atom. The highest BCUT2D eigenvalue weighted by Crippen LogP contribution is 2.38. The first-order valence-electron chi connectivity index (χ1n) is 9.98. The second kappa shape index (κ2) is 8.45.